The Morgan fingerprint density at radius 1 is 0.717 bits per heavy atom. The lowest BCUT2D eigenvalue weighted by Crippen LogP contribution is -2.49. The summed E-state index contributed by atoms with van der Waals surface area (Å²) in [5.41, 5.74) is 0. The molecule has 0 unspecified atom stereocenters. The molecule has 4 atom stereocenters. The molecule has 0 radical (unpaired) electrons. The Kier molecular flexibility index (Phi) is 13.2. The Labute approximate surface area is 321 Å². The highest BCUT2D eigenvalue weighted by Crippen LogP contribution is 2.36. The van der Waals surface area contributed by atoms with Crippen LogP contribution in [0.3, 0.4) is 0 Å². The molecule has 0 saturated carbocycles. The van der Waals surface area contributed by atoms with Crippen molar-refractivity contribution < 1.29 is 14.4 Å². The van der Waals surface area contributed by atoms with E-state index >= 15 is 0 Å². The third kappa shape index (κ3) is 9.52. The average molecular weight is 765 g/mol. The van der Waals surface area contributed by atoms with E-state index in [1.165, 1.54) is 21.2 Å². The molecule has 3 saturated heterocycles. The zero-order chi connectivity index (χ0) is 36.4. The summed E-state index contributed by atoms with van der Waals surface area (Å²) in [5, 5.41) is 11.7. The summed E-state index contributed by atoms with van der Waals surface area (Å²) in [6.07, 6.45) is 6.47. The van der Waals surface area contributed by atoms with Crippen LogP contribution in [-0.4, -0.2) is 88.7 Å². The van der Waals surface area contributed by atoms with Crippen LogP contribution in [0.1, 0.15) is 38.5 Å². The third-order valence-electron chi connectivity index (χ3n) is 10.7. The minimum atomic E-state index is -0.676. The van der Waals surface area contributed by atoms with Crippen LogP contribution in [0.4, 0.5) is 4.79 Å². The monoisotopic (exact) mass is 764 g/mol. The second kappa shape index (κ2) is 18.6. The minimum Gasteiger partial charge on any atom is -0.340 e. The van der Waals surface area contributed by atoms with Crippen molar-refractivity contribution in [2.45, 2.75) is 61.9 Å². The predicted octanol–water partition coefficient (Wildman–Crippen LogP) is 5.80. The number of nitrogens with one attached hydrogen (secondary N) is 2. The van der Waals surface area contributed by atoms with Gasteiger partial charge in [-0.1, -0.05) is 128 Å². The van der Waals surface area contributed by atoms with Gasteiger partial charge in [-0.2, -0.15) is 11.8 Å². The number of hydrogen-bond donors (Lipinski definition) is 2. The quantitative estimate of drug-likeness (QED) is 0.0860. The molecule has 0 aliphatic carbocycles. The number of thioether (sulfide) groups is 1. The number of hydrogen-bond acceptors (Lipinski definition) is 4. The summed E-state index contributed by atoms with van der Waals surface area (Å²) in [6.45, 7) is 1.93. The fraction of sp³-hybridized carbons (Fsp3) is 0.372. The van der Waals surface area contributed by atoms with Gasteiger partial charge in [0.2, 0.25) is 11.8 Å². The smallest absolute Gasteiger partial charge is 0.315 e. The average Bonchev–Trinajstić information content (AvgIpc) is 3.94. The second-order valence-electron chi connectivity index (χ2n) is 14.1. The first-order valence-corrected chi connectivity index (χ1v) is 23.2. The van der Waals surface area contributed by atoms with Gasteiger partial charge in [-0.3, -0.25) is 9.59 Å². The van der Waals surface area contributed by atoms with Crippen LogP contribution in [0.15, 0.2) is 121 Å². The van der Waals surface area contributed by atoms with E-state index in [1.807, 2.05) is 16.7 Å². The molecule has 0 spiro atoms. The highest BCUT2D eigenvalue weighted by molar-refractivity contribution is 8.00. The topological polar surface area (TPSA) is 81.8 Å². The van der Waals surface area contributed by atoms with Crippen molar-refractivity contribution in [1.82, 2.24) is 20.4 Å². The molecule has 2 N–H and O–H groups in total. The molecule has 0 bridgehead atoms. The molecular weight excluding hydrogens is 715 g/mol. The Morgan fingerprint density at radius 2 is 1.23 bits per heavy atom. The van der Waals surface area contributed by atoms with Crippen molar-refractivity contribution in [3.05, 3.63) is 121 Å². The van der Waals surface area contributed by atoms with E-state index in [-0.39, 0.29) is 29.9 Å². The van der Waals surface area contributed by atoms with Gasteiger partial charge >= 0.3 is 6.03 Å². The molecule has 7 rings (SSSR count). The lowest BCUT2D eigenvalue weighted by molar-refractivity contribution is -0.143. The summed E-state index contributed by atoms with van der Waals surface area (Å²) in [7, 11) is -1.35. The van der Waals surface area contributed by atoms with Crippen molar-refractivity contribution in [3.8, 4) is 0 Å². The first kappa shape index (κ1) is 37.6. The van der Waals surface area contributed by atoms with E-state index in [4.69, 9.17) is 0 Å². The van der Waals surface area contributed by atoms with Crippen LogP contribution >= 0.6 is 27.6 Å². The molecule has 3 heterocycles. The number of fused-ring (bicyclic) bond motifs is 1. The van der Waals surface area contributed by atoms with Crippen LogP contribution < -0.4 is 31.9 Å². The molecule has 0 aromatic heterocycles. The number of carbonyl (C=O) groups is 3. The first-order valence-electron chi connectivity index (χ1n) is 19.1. The van der Waals surface area contributed by atoms with Gasteiger partial charge in [-0.25, -0.2) is 4.79 Å². The predicted molar refractivity (Wildman–Crippen MR) is 223 cm³/mol. The maximum absolute atomic E-state index is 14.8. The lowest BCUT2D eigenvalue weighted by atomic mass is 10.0. The molecule has 3 fully saturated rings. The van der Waals surface area contributed by atoms with Crippen molar-refractivity contribution in [1.29, 1.82) is 0 Å². The number of amides is 4. The Balaban J connectivity index is 1.05. The molecule has 3 aliphatic rings. The number of unbranched alkanes of at least 4 members (excludes halogenated alkanes) is 1. The summed E-state index contributed by atoms with van der Waals surface area (Å²) in [4.78, 5) is 44.3. The molecule has 10 heteroatoms. The molecule has 7 nitrogen and oxygen atoms in total. The minimum absolute atomic E-state index is 0.0623. The van der Waals surface area contributed by atoms with Gasteiger partial charge in [0.15, 0.2) is 0 Å². The molecule has 4 amide bonds. The Hall–Kier alpha value is -3.70. The van der Waals surface area contributed by atoms with Crippen molar-refractivity contribution >= 4 is 66.7 Å². The summed E-state index contributed by atoms with van der Waals surface area (Å²) < 4.78 is 0. The van der Waals surface area contributed by atoms with Gasteiger partial charge in [0.1, 0.15) is 6.04 Å². The molecule has 4 aromatic carbocycles. The molecule has 3 aliphatic heterocycles. The number of likely N-dealkylation sites (tertiary alicyclic amines) is 1. The van der Waals surface area contributed by atoms with E-state index in [0.29, 0.717) is 37.7 Å². The second-order valence-corrected chi connectivity index (χ2v) is 20.0. The van der Waals surface area contributed by atoms with Gasteiger partial charge in [-0.05, 0) is 75.1 Å². The van der Waals surface area contributed by atoms with Gasteiger partial charge in [-0.15, -0.1) is 0 Å². The Bertz CT molecular complexity index is 1620. The van der Waals surface area contributed by atoms with Crippen molar-refractivity contribution in [3.63, 3.8) is 0 Å². The normalized spacial score (nSPS) is 20.7. The highest BCUT2D eigenvalue weighted by Gasteiger charge is 2.42. The maximum Gasteiger partial charge on any atom is 0.315 e. The van der Waals surface area contributed by atoms with Crippen LogP contribution in [0.2, 0.25) is 0 Å². The van der Waals surface area contributed by atoms with Crippen LogP contribution in [0.25, 0.3) is 0 Å². The van der Waals surface area contributed by atoms with Crippen molar-refractivity contribution in [2.24, 2.45) is 0 Å². The third-order valence-corrected chi connectivity index (χ3v) is 17.2. The zero-order valence-electron chi connectivity index (χ0n) is 30.3. The first-order chi connectivity index (χ1) is 26.0. The van der Waals surface area contributed by atoms with Crippen LogP contribution in [0.5, 0.6) is 0 Å². The highest BCUT2D eigenvalue weighted by atomic mass is 32.2. The SMILES string of the molecule is O=C1N[C@H]2[C@H](CS[C@H]2CCCCC(=O)N2CCC[C@H]2C(=O)N(CCP(c2ccccc2)c2ccccc2)CCP(c2ccccc2)c2ccccc2)N1. The molecule has 4 aromatic rings. The summed E-state index contributed by atoms with van der Waals surface area (Å²) in [6, 6.07) is 42.8. The fourth-order valence-electron chi connectivity index (χ4n) is 7.96. The molecule has 53 heavy (non-hydrogen) atoms. The summed E-state index contributed by atoms with van der Waals surface area (Å²) in [5.74, 6) is 1.14. The zero-order valence-corrected chi connectivity index (χ0v) is 32.9. The van der Waals surface area contributed by atoms with E-state index in [1.54, 1.807) is 0 Å². The standard InChI is InChI=1S/C43H50N4O3P2S/c48-40(26-14-13-25-39-41-37(32-53-39)44-43(50)45-41)47-27-15-24-38(47)42(49)46(28-30-51(33-16-5-1-6-17-33)34-18-7-2-8-19-34)29-31-52(35-20-9-3-10-21-35)36-22-11-4-12-23-36/h1-12,16-23,37-39,41H,13-15,24-32H2,(H2,44,45,50)/t37-,38-,39-,41-/m0/s1. The van der Waals surface area contributed by atoms with E-state index < -0.39 is 21.9 Å². The van der Waals surface area contributed by atoms with Gasteiger partial charge in [0.05, 0.1) is 12.1 Å². The number of rotatable bonds is 16. The number of benzene rings is 4. The van der Waals surface area contributed by atoms with Gasteiger partial charge in [0.25, 0.3) is 0 Å². The largest absolute Gasteiger partial charge is 0.340 e. The van der Waals surface area contributed by atoms with Crippen LogP contribution in [-0.2, 0) is 9.59 Å². The number of nitrogens with zero attached hydrogens (tertiary/aromatic N) is 2. The number of carbonyl (C=O) groups excluding carboxylic acids is 3. The molecule has 276 valence electrons. The van der Waals surface area contributed by atoms with Crippen molar-refractivity contribution in [2.75, 3.05) is 37.7 Å². The summed E-state index contributed by atoms with van der Waals surface area (Å²) >= 11 is 1.92. The fourth-order valence-corrected chi connectivity index (χ4v) is 14.1. The number of urea groups is 1. The molecular formula is C43H50N4O3P2S. The van der Waals surface area contributed by atoms with Crippen LogP contribution in [0, 0.1) is 0 Å². The Morgan fingerprint density at radius 3 is 1.74 bits per heavy atom. The van der Waals surface area contributed by atoms with E-state index in [2.05, 4.69) is 137 Å². The maximum atomic E-state index is 14.8. The lowest BCUT2D eigenvalue weighted by Gasteiger charge is -2.33. The van der Waals surface area contributed by atoms with E-state index in [9.17, 15) is 14.4 Å². The van der Waals surface area contributed by atoms with Gasteiger partial charge < -0.3 is 20.4 Å². The van der Waals surface area contributed by atoms with Gasteiger partial charge in [0, 0.05) is 37.1 Å². The van der Waals surface area contributed by atoms with E-state index in [0.717, 1.165) is 43.8 Å².